The number of amides is 1. The van der Waals surface area contributed by atoms with Crippen LogP contribution in [0.5, 0.6) is 23.0 Å². The molecule has 0 aromatic heterocycles. The molecule has 1 aliphatic heterocycles. The Hall–Kier alpha value is -2.94. The van der Waals surface area contributed by atoms with E-state index in [1.165, 1.54) is 32.4 Å². The summed E-state index contributed by atoms with van der Waals surface area (Å²) >= 11 is 0. The minimum absolute atomic E-state index is 0.0658. The third-order valence-electron chi connectivity index (χ3n) is 3.97. The maximum atomic E-state index is 12.5. The largest absolute Gasteiger partial charge is 0.493 e. The molecule has 1 aliphatic rings. The quantitative estimate of drug-likeness (QED) is 0.770. The third-order valence-corrected chi connectivity index (χ3v) is 5.68. The van der Waals surface area contributed by atoms with Crippen molar-refractivity contribution in [3.8, 4) is 23.0 Å². The summed E-state index contributed by atoms with van der Waals surface area (Å²) < 4.78 is 45.7. The Morgan fingerprint density at radius 3 is 2.52 bits per heavy atom. The zero-order chi connectivity index (χ0) is 19.4. The first kappa shape index (κ1) is 18.8. The van der Waals surface area contributed by atoms with Crippen LogP contribution in [0.3, 0.4) is 0 Å². The summed E-state index contributed by atoms with van der Waals surface area (Å²) in [6, 6.07) is 9.28. The van der Waals surface area contributed by atoms with Gasteiger partial charge in [-0.3, -0.25) is 4.79 Å². The van der Waals surface area contributed by atoms with Crippen molar-refractivity contribution in [2.75, 3.05) is 32.1 Å². The zero-order valence-corrected chi connectivity index (χ0v) is 15.7. The minimum Gasteiger partial charge on any atom is -0.493 e. The van der Waals surface area contributed by atoms with Crippen LogP contribution in [0.2, 0.25) is 0 Å². The first-order chi connectivity index (χ1) is 12.9. The Labute approximate surface area is 156 Å². The number of sulfone groups is 1. The molecule has 0 spiro atoms. The first-order valence-corrected chi connectivity index (χ1v) is 9.72. The second kappa shape index (κ2) is 7.75. The predicted octanol–water partition coefficient (Wildman–Crippen LogP) is 2.24. The highest BCUT2D eigenvalue weighted by atomic mass is 32.2. The van der Waals surface area contributed by atoms with Crippen LogP contribution < -0.4 is 24.3 Å². The monoisotopic (exact) mass is 393 g/mol. The van der Waals surface area contributed by atoms with Gasteiger partial charge in [-0.2, -0.15) is 0 Å². The average Bonchev–Trinajstić information content (AvgIpc) is 3.13. The van der Waals surface area contributed by atoms with Crippen molar-refractivity contribution >= 4 is 21.4 Å². The van der Waals surface area contributed by atoms with Crippen LogP contribution in [-0.4, -0.2) is 41.1 Å². The van der Waals surface area contributed by atoms with E-state index in [0.717, 1.165) is 0 Å². The van der Waals surface area contributed by atoms with Crippen molar-refractivity contribution in [2.24, 2.45) is 0 Å². The lowest BCUT2D eigenvalue weighted by atomic mass is 10.2. The number of ether oxygens (including phenoxy) is 4. The molecule has 27 heavy (non-hydrogen) atoms. The molecule has 0 atom stereocenters. The van der Waals surface area contributed by atoms with Gasteiger partial charge in [-0.25, -0.2) is 8.42 Å². The highest BCUT2D eigenvalue weighted by Crippen LogP contribution is 2.34. The lowest BCUT2D eigenvalue weighted by molar-refractivity contribution is -0.115. The number of carbonyl (C=O) groups is 1. The first-order valence-electron chi connectivity index (χ1n) is 8.07. The molecule has 1 heterocycles. The molecule has 0 radical (unpaired) electrons. The van der Waals surface area contributed by atoms with E-state index < -0.39 is 15.7 Å². The van der Waals surface area contributed by atoms with Gasteiger partial charge in [0.05, 0.1) is 24.9 Å². The second-order valence-corrected chi connectivity index (χ2v) is 7.81. The number of hydrogen-bond donors (Lipinski definition) is 1. The normalized spacial score (nSPS) is 12.5. The topological polar surface area (TPSA) is 100 Å². The van der Waals surface area contributed by atoms with Gasteiger partial charge in [0.25, 0.3) is 0 Å². The number of anilines is 1. The summed E-state index contributed by atoms with van der Waals surface area (Å²) in [6.07, 6.45) is -0.189. The molecule has 2 aromatic carbocycles. The van der Waals surface area contributed by atoms with E-state index in [1.807, 2.05) is 0 Å². The molecule has 2 aromatic rings. The van der Waals surface area contributed by atoms with Crippen LogP contribution in [0.1, 0.15) is 6.42 Å². The summed E-state index contributed by atoms with van der Waals surface area (Å²) in [7, 11) is -0.767. The number of carbonyl (C=O) groups excluding carboxylic acids is 1. The van der Waals surface area contributed by atoms with E-state index in [0.29, 0.717) is 28.7 Å². The molecule has 3 rings (SSSR count). The van der Waals surface area contributed by atoms with Crippen LogP contribution in [0.15, 0.2) is 41.3 Å². The van der Waals surface area contributed by atoms with Gasteiger partial charge in [0.15, 0.2) is 32.8 Å². The van der Waals surface area contributed by atoms with Crippen LogP contribution >= 0.6 is 0 Å². The molecule has 8 nitrogen and oxygen atoms in total. The molecule has 9 heteroatoms. The molecular weight excluding hydrogens is 374 g/mol. The summed E-state index contributed by atoms with van der Waals surface area (Å²) in [5.41, 5.74) is 0.507. The zero-order valence-electron chi connectivity index (χ0n) is 14.9. The maximum Gasteiger partial charge on any atom is 0.231 e. The third kappa shape index (κ3) is 4.25. The number of rotatable bonds is 7. The molecule has 1 N–H and O–H groups in total. The van der Waals surface area contributed by atoms with Crippen molar-refractivity contribution in [3.63, 3.8) is 0 Å². The van der Waals surface area contributed by atoms with Crippen LogP contribution in [0.25, 0.3) is 0 Å². The molecule has 0 saturated heterocycles. The molecule has 0 unspecified atom stereocenters. The van der Waals surface area contributed by atoms with Gasteiger partial charge >= 0.3 is 0 Å². The van der Waals surface area contributed by atoms with Crippen molar-refractivity contribution in [1.29, 1.82) is 0 Å². The van der Waals surface area contributed by atoms with E-state index in [9.17, 15) is 13.2 Å². The Bertz CT molecular complexity index is 956. The number of benzene rings is 2. The number of nitrogens with one attached hydrogen (secondary N) is 1. The Morgan fingerprint density at radius 2 is 1.78 bits per heavy atom. The Morgan fingerprint density at radius 1 is 1.04 bits per heavy atom. The van der Waals surface area contributed by atoms with Gasteiger partial charge < -0.3 is 24.3 Å². The van der Waals surface area contributed by atoms with E-state index >= 15 is 0 Å². The number of fused-ring (bicyclic) bond motifs is 1. The van der Waals surface area contributed by atoms with Gasteiger partial charge in [-0.05, 0) is 24.3 Å². The minimum atomic E-state index is -3.66. The smallest absolute Gasteiger partial charge is 0.231 e. The van der Waals surface area contributed by atoms with E-state index in [1.54, 1.807) is 18.2 Å². The average molecular weight is 393 g/mol. The van der Waals surface area contributed by atoms with Gasteiger partial charge in [-0.1, -0.05) is 0 Å². The summed E-state index contributed by atoms with van der Waals surface area (Å²) in [5.74, 6) is 1.12. The Kier molecular flexibility index (Phi) is 5.41. The lowest BCUT2D eigenvalue weighted by Crippen LogP contribution is -2.17. The van der Waals surface area contributed by atoms with Gasteiger partial charge in [0.1, 0.15) is 0 Å². The molecule has 144 valence electrons. The van der Waals surface area contributed by atoms with Gasteiger partial charge in [-0.15, -0.1) is 0 Å². The van der Waals surface area contributed by atoms with E-state index in [4.69, 9.17) is 18.9 Å². The van der Waals surface area contributed by atoms with Gasteiger partial charge in [0.2, 0.25) is 12.7 Å². The van der Waals surface area contributed by atoms with Crippen molar-refractivity contribution in [3.05, 3.63) is 36.4 Å². The summed E-state index contributed by atoms with van der Waals surface area (Å²) in [4.78, 5) is 12.2. The van der Waals surface area contributed by atoms with Crippen molar-refractivity contribution < 1.29 is 32.2 Å². The van der Waals surface area contributed by atoms with Crippen molar-refractivity contribution in [1.82, 2.24) is 0 Å². The molecule has 0 aliphatic carbocycles. The predicted molar refractivity (Wildman–Crippen MR) is 97.4 cm³/mol. The molecule has 0 bridgehead atoms. The van der Waals surface area contributed by atoms with Gasteiger partial charge in [0, 0.05) is 24.2 Å². The highest BCUT2D eigenvalue weighted by Gasteiger charge is 2.20. The summed E-state index contributed by atoms with van der Waals surface area (Å²) in [6.45, 7) is 0.135. The molecular formula is C18H19NO7S. The fourth-order valence-corrected chi connectivity index (χ4v) is 3.80. The number of methoxy groups -OCH3 is 2. The maximum absolute atomic E-state index is 12.5. The fourth-order valence-electron chi connectivity index (χ4n) is 2.55. The van der Waals surface area contributed by atoms with Crippen LogP contribution in [0.4, 0.5) is 5.69 Å². The van der Waals surface area contributed by atoms with Crippen molar-refractivity contribution in [2.45, 2.75) is 11.3 Å². The standard InChI is InChI=1S/C18H19NO7S/c1-23-14-6-4-13(10-16(14)24-2)27(21,22)8-7-18(20)19-12-3-5-15-17(9-12)26-11-25-15/h3-6,9-10H,7-8,11H2,1-2H3,(H,19,20). The van der Waals surface area contributed by atoms with Crippen LogP contribution in [0, 0.1) is 0 Å². The lowest BCUT2D eigenvalue weighted by Gasteiger charge is -2.10. The molecule has 0 fully saturated rings. The van der Waals surface area contributed by atoms with Crippen LogP contribution in [-0.2, 0) is 14.6 Å². The molecule has 1 amide bonds. The second-order valence-electron chi connectivity index (χ2n) is 5.70. The van der Waals surface area contributed by atoms with E-state index in [2.05, 4.69) is 5.32 Å². The SMILES string of the molecule is COc1ccc(S(=O)(=O)CCC(=O)Nc2ccc3c(c2)OCO3)cc1OC. The summed E-state index contributed by atoms with van der Waals surface area (Å²) in [5, 5.41) is 2.65. The molecule has 0 saturated carbocycles. The highest BCUT2D eigenvalue weighted by molar-refractivity contribution is 7.91. The fraction of sp³-hybridized carbons (Fsp3) is 0.278. The van der Waals surface area contributed by atoms with E-state index in [-0.39, 0.29) is 23.9 Å². The Balaban J connectivity index is 1.64. The number of hydrogen-bond acceptors (Lipinski definition) is 7.